The van der Waals surface area contributed by atoms with Gasteiger partial charge < -0.3 is 14.9 Å². The summed E-state index contributed by atoms with van der Waals surface area (Å²) in [7, 11) is 0. The highest BCUT2D eigenvalue weighted by Gasteiger charge is 2.35. The fourth-order valence-corrected chi connectivity index (χ4v) is 1.54. The Labute approximate surface area is 76.6 Å². The Bertz CT molecular complexity index is 273. The molecule has 0 radical (unpaired) electrons. The van der Waals surface area contributed by atoms with Crippen LogP contribution in [0.25, 0.3) is 0 Å². The van der Waals surface area contributed by atoms with Gasteiger partial charge in [-0.1, -0.05) is 30.3 Å². The molecule has 2 rings (SSSR count). The van der Waals surface area contributed by atoms with E-state index in [4.69, 9.17) is 4.74 Å². The summed E-state index contributed by atoms with van der Waals surface area (Å²) in [5, 5.41) is 18.8. The Kier molecular flexibility index (Phi) is 2.31. The molecule has 1 aliphatic rings. The molecule has 0 amide bonds. The minimum atomic E-state index is -0.803. The Morgan fingerprint density at radius 3 is 2.38 bits per heavy atom. The molecule has 1 saturated heterocycles. The number of rotatable bonds is 1. The van der Waals surface area contributed by atoms with Gasteiger partial charge in [-0.25, -0.2) is 0 Å². The molecule has 13 heavy (non-hydrogen) atoms. The third-order valence-corrected chi connectivity index (χ3v) is 2.28. The van der Waals surface area contributed by atoms with Gasteiger partial charge in [0, 0.05) is 0 Å². The molecule has 2 N–H and O–H groups in total. The van der Waals surface area contributed by atoms with Gasteiger partial charge in [0.15, 0.2) is 0 Å². The van der Waals surface area contributed by atoms with Crippen LogP contribution >= 0.6 is 0 Å². The maximum Gasteiger partial charge on any atom is 0.112 e. The van der Waals surface area contributed by atoms with Crippen molar-refractivity contribution in [3.05, 3.63) is 35.9 Å². The van der Waals surface area contributed by atoms with Crippen molar-refractivity contribution in [2.75, 3.05) is 6.61 Å². The first-order valence-electron chi connectivity index (χ1n) is 4.32. The van der Waals surface area contributed by atoms with E-state index in [1.54, 1.807) is 0 Å². The van der Waals surface area contributed by atoms with Crippen LogP contribution in [0, 0.1) is 0 Å². The number of ether oxygens (including phenoxy) is 1. The van der Waals surface area contributed by atoms with Crippen LogP contribution in [0.5, 0.6) is 0 Å². The molecule has 1 heterocycles. The molecule has 0 bridgehead atoms. The normalized spacial score (nSPS) is 33.5. The van der Waals surface area contributed by atoms with E-state index in [0.717, 1.165) is 5.56 Å². The molecule has 70 valence electrons. The molecule has 0 saturated carbocycles. The van der Waals surface area contributed by atoms with Crippen LogP contribution in [0.15, 0.2) is 30.3 Å². The van der Waals surface area contributed by atoms with E-state index in [9.17, 15) is 10.2 Å². The first-order chi connectivity index (χ1) is 6.29. The quantitative estimate of drug-likeness (QED) is 0.661. The number of hydrogen-bond acceptors (Lipinski definition) is 3. The Morgan fingerprint density at radius 2 is 1.85 bits per heavy atom. The predicted octanol–water partition coefficient (Wildman–Crippen LogP) is 0.480. The molecular weight excluding hydrogens is 168 g/mol. The highest BCUT2D eigenvalue weighted by Crippen LogP contribution is 2.28. The molecule has 3 heteroatoms. The maximum atomic E-state index is 9.54. The average molecular weight is 180 g/mol. The zero-order chi connectivity index (χ0) is 9.26. The number of benzene rings is 1. The van der Waals surface area contributed by atoms with Gasteiger partial charge in [-0.15, -0.1) is 0 Å². The SMILES string of the molecule is O[C@@H]1[C@@H](O)CO[C@H]1c1ccccc1. The van der Waals surface area contributed by atoms with Crippen LogP contribution < -0.4 is 0 Å². The van der Waals surface area contributed by atoms with Crippen molar-refractivity contribution in [3.63, 3.8) is 0 Å². The van der Waals surface area contributed by atoms with Gasteiger partial charge in [-0.2, -0.15) is 0 Å². The maximum absolute atomic E-state index is 9.54. The molecular formula is C10H12O3. The molecule has 1 aromatic rings. The van der Waals surface area contributed by atoms with Crippen LogP contribution in [0.3, 0.4) is 0 Å². The Hall–Kier alpha value is -0.900. The fraction of sp³-hybridized carbons (Fsp3) is 0.400. The van der Waals surface area contributed by atoms with Gasteiger partial charge in [0.2, 0.25) is 0 Å². The number of aliphatic hydroxyl groups excluding tert-OH is 2. The molecule has 0 spiro atoms. The van der Waals surface area contributed by atoms with Crippen LogP contribution in [0.2, 0.25) is 0 Å². The van der Waals surface area contributed by atoms with Crippen molar-refractivity contribution in [1.82, 2.24) is 0 Å². The van der Waals surface area contributed by atoms with E-state index >= 15 is 0 Å². The minimum absolute atomic E-state index is 0.209. The second-order valence-corrected chi connectivity index (χ2v) is 3.22. The van der Waals surface area contributed by atoms with Gasteiger partial charge in [0.25, 0.3) is 0 Å². The summed E-state index contributed by atoms with van der Waals surface area (Å²) in [6, 6.07) is 9.44. The van der Waals surface area contributed by atoms with Crippen LogP contribution in [0.1, 0.15) is 11.7 Å². The van der Waals surface area contributed by atoms with Crippen LogP contribution in [-0.2, 0) is 4.74 Å². The number of aliphatic hydroxyl groups is 2. The zero-order valence-corrected chi connectivity index (χ0v) is 7.13. The summed E-state index contributed by atoms with van der Waals surface area (Å²) in [5.41, 5.74) is 0.909. The Balaban J connectivity index is 2.19. The average Bonchev–Trinajstić information content (AvgIpc) is 2.49. The summed E-state index contributed by atoms with van der Waals surface area (Å²) in [6.45, 7) is 0.209. The van der Waals surface area contributed by atoms with Crippen molar-refractivity contribution in [1.29, 1.82) is 0 Å². The lowest BCUT2D eigenvalue weighted by molar-refractivity contribution is 0.0225. The zero-order valence-electron chi connectivity index (χ0n) is 7.13. The van der Waals surface area contributed by atoms with Crippen molar-refractivity contribution in [2.24, 2.45) is 0 Å². The summed E-state index contributed by atoms with van der Waals surface area (Å²) in [4.78, 5) is 0. The molecule has 1 aromatic carbocycles. The molecule has 0 aliphatic carbocycles. The monoisotopic (exact) mass is 180 g/mol. The van der Waals surface area contributed by atoms with Gasteiger partial charge in [0.1, 0.15) is 18.3 Å². The van der Waals surface area contributed by atoms with Gasteiger partial charge >= 0.3 is 0 Å². The first kappa shape index (κ1) is 8.69. The van der Waals surface area contributed by atoms with E-state index in [0.29, 0.717) is 0 Å². The second-order valence-electron chi connectivity index (χ2n) is 3.22. The predicted molar refractivity (Wildman–Crippen MR) is 47.1 cm³/mol. The summed E-state index contributed by atoms with van der Waals surface area (Å²) in [5.74, 6) is 0. The summed E-state index contributed by atoms with van der Waals surface area (Å²) >= 11 is 0. The van der Waals surface area contributed by atoms with Gasteiger partial charge in [-0.3, -0.25) is 0 Å². The van der Waals surface area contributed by atoms with Crippen LogP contribution in [-0.4, -0.2) is 29.0 Å². The molecule has 0 aromatic heterocycles. The van der Waals surface area contributed by atoms with Crippen molar-refractivity contribution in [2.45, 2.75) is 18.3 Å². The van der Waals surface area contributed by atoms with Crippen LogP contribution in [0.4, 0.5) is 0 Å². The van der Waals surface area contributed by atoms with Crippen molar-refractivity contribution >= 4 is 0 Å². The standard InChI is InChI=1S/C10H12O3/c11-8-6-13-10(9(8)12)7-4-2-1-3-5-7/h1-5,8-12H,6H2/t8-,9+,10-/m0/s1. The third-order valence-electron chi connectivity index (χ3n) is 2.28. The highest BCUT2D eigenvalue weighted by atomic mass is 16.5. The van der Waals surface area contributed by atoms with E-state index < -0.39 is 12.2 Å². The lowest BCUT2D eigenvalue weighted by atomic mass is 10.0. The van der Waals surface area contributed by atoms with E-state index in [1.165, 1.54) is 0 Å². The lowest BCUT2D eigenvalue weighted by Gasteiger charge is -2.14. The fourth-order valence-electron chi connectivity index (χ4n) is 1.54. The molecule has 3 atom stereocenters. The largest absolute Gasteiger partial charge is 0.388 e. The van der Waals surface area contributed by atoms with Crippen molar-refractivity contribution < 1.29 is 14.9 Å². The minimum Gasteiger partial charge on any atom is -0.388 e. The van der Waals surface area contributed by atoms with E-state index in [-0.39, 0.29) is 12.7 Å². The molecule has 1 aliphatic heterocycles. The lowest BCUT2D eigenvalue weighted by Crippen LogP contribution is -2.24. The van der Waals surface area contributed by atoms with E-state index in [2.05, 4.69) is 0 Å². The topological polar surface area (TPSA) is 49.7 Å². The number of hydrogen-bond donors (Lipinski definition) is 2. The molecule has 0 unspecified atom stereocenters. The van der Waals surface area contributed by atoms with Crippen molar-refractivity contribution in [3.8, 4) is 0 Å². The van der Waals surface area contributed by atoms with Gasteiger partial charge in [0.05, 0.1) is 6.61 Å². The molecule has 1 fully saturated rings. The summed E-state index contributed by atoms with van der Waals surface area (Å²) in [6.07, 6.45) is -1.94. The summed E-state index contributed by atoms with van der Waals surface area (Å²) < 4.78 is 5.26. The first-order valence-corrected chi connectivity index (χ1v) is 4.32. The smallest absolute Gasteiger partial charge is 0.112 e. The third kappa shape index (κ3) is 1.58. The Morgan fingerprint density at radius 1 is 1.15 bits per heavy atom. The van der Waals surface area contributed by atoms with E-state index in [1.807, 2.05) is 30.3 Å². The molecule has 3 nitrogen and oxygen atoms in total. The second kappa shape index (κ2) is 3.46. The highest BCUT2D eigenvalue weighted by molar-refractivity contribution is 5.20. The van der Waals surface area contributed by atoms with Gasteiger partial charge in [-0.05, 0) is 5.56 Å².